The molecule has 0 aliphatic carbocycles. The zero-order chi connectivity index (χ0) is 15.4. The van der Waals surface area contributed by atoms with Crippen molar-refractivity contribution in [1.29, 1.82) is 0 Å². The van der Waals surface area contributed by atoms with E-state index in [4.69, 9.17) is 16.3 Å². The predicted molar refractivity (Wildman–Crippen MR) is 76.2 cm³/mol. The number of piperidine rings is 1. The van der Waals surface area contributed by atoms with Crippen molar-refractivity contribution in [3.05, 3.63) is 23.0 Å². The van der Waals surface area contributed by atoms with E-state index >= 15 is 0 Å². The normalized spacial score (nSPS) is 18.4. The van der Waals surface area contributed by atoms with Crippen LogP contribution in [0, 0.1) is 5.92 Å². The Morgan fingerprint density at radius 3 is 3.00 bits per heavy atom. The predicted octanol–water partition coefficient (Wildman–Crippen LogP) is 1.86. The second-order valence-electron chi connectivity index (χ2n) is 4.86. The summed E-state index contributed by atoms with van der Waals surface area (Å²) in [4.78, 5) is 29.5. The maximum atomic E-state index is 12.4. The zero-order valence-electron chi connectivity index (χ0n) is 11.7. The molecule has 6 nitrogen and oxygen atoms in total. The van der Waals surface area contributed by atoms with Gasteiger partial charge in [0.05, 0.1) is 29.3 Å². The van der Waals surface area contributed by atoms with E-state index in [0.717, 1.165) is 6.42 Å². The van der Waals surface area contributed by atoms with Gasteiger partial charge in [0.1, 0.15) is 0 Å². The molecule has 1 aromatic rings. The van der Waals surface area contributed by atoms with Crippen LogP contribution in [0.5, 0.6) is 5.75 Å². The number of likely N-dealkylation sites (tertiary alicyclic amines) is 1. The van der Waals surface area contributed by atoms with Crippen molar-refractivity contribution >= 4 is 23.5 Å². The maximum absolute atomic E-state index is 12.4. The van der Waals surface area contributed by atoms with Crippen LogP contribution >= 0.6 is 11.6 Å². The molecule has 1 aliphatic heterocycles. The molecule has 1 saturated heterocycles. The average molecular weight is 313 g/mol. The van der Waals surface area contributed by atoms with E-state index in [0.29, 0.717) is 26.1 Å². The zero-order valence-corrected chi connectivity index (χ0v) is 12.5. The third kappa shape index (κ3) is 3.44. The Bertz CT molecular complexity index is 550. The van der Waals surface area contributed by atoms with Crippen LogP contribution < -0.4 is 0 Å². The van der Waals surface area contributed by atoms with Crippen molar-refractivity contribution in [2.75, 3.05) is 19.7 Å². The highest BCUT2D eigenvalue weighted by molar-refractivity contribution is 6.35. The lowest BCUT2D eigenvalue weighted by Gasteiger charge is -2.31. The highest BCUT2D eigenvalue weighted by Crippen LogP contribution is 2.28. The summed E-state index contributed by atoms with van der Waals surface area (Å²) in [5, 5.41) is 9.50. The largest absolute Gasteiger partial charge is 0.505 e. The van der Waals surface area contributed by atoms with Crippen molar-refractivity contribution in [3.8, 4) is 5.75 Å². The highest BCUT2D eigenvalue weighted by atomic mass is 35.5. The maximum Gasteiger partial charge on any atom is 0.310 e. The van der Waals surface area contributed by atoms with Crippen LogP contribution in [0.3, 0.4) is 0 Å². The third-order valence-corrected chi connectivity index (χ3v) is 3.82. The summed E-state index contributed by atoms with van der Waals surface area (Å²) >= 11 is 5.93. The monoisotopic (exact) mass is 312 g/mol. The molecule has 0 spiro atoms. The van der Waals surface area contributed by atoms with Crippen LogP contribution in [0.2, 0.25) is 5.02 Å². The van der Waals surface area contributed by atoms with Gasteiger partial charge in [-0.1, -0.05) is 11.6 Å². The Balaban J connectivity index is 2.12. The molecule has 2 heterocycles. The fourth-order valence-electron chi connectivity index (χ4n) is 2.37. The number of nitrogens with zero attached hydrogens (tertiary/aromatic N) is 2. The molecule has 7 heteroatoms. The van der Waals surface area contributed by atoms with Crippen LogP contribution in [0.15, 0.2) is 12.4 Å². The first-order valence-electron chi connectivity index (χ1n) is 6.83. The van der Waals surface area contributed by atoms with E-state index in [-0.39, 0.29) is 34.1 Å². The summed E-state index contributed by atoms with van der Waals surface area (Å²) in [7, 11) is 0. The number of carbonyl (C=O) groups excluding carboxylic acids is 2. The van der Waals surface area contributed by atoms with Crippen molar-refractivity contribution in [3.63, 3.8) is 0 Å². The average Bonchev–Trinajstić information content (AvgIpc) is 2.50. The van der Waals surface area contributed by atoms with Crippen molar-refractivity contribution in [1.82, 2.24) is 9.88 Å². The molecular formula is C14H17ClN2O4. The number of rotatable bonds is 3. The number of halogens is 1. The summed E-state index contributed by atoms with van der Waals surface area (Å²) < 4.78 is 5.00. The van der Waals surface area contributed by atoms with Gasteiger partial charge in [-0.15, -0.1) is 0 Å². The molecule has 2 rings (SSSR count). The minimum absolute atomic E-state index is 0.0201. The molecule has 1 aromatic heterocycles. The SMILES string of the molecule is CCOC(=O)[C@@H]1CCCN(C(=O)c2cncc(O)c2Cl)C1. The Labute approximate surface area is 127 Å². The number of aromatic nitrogens is 1. The standard InChI is InChI=1S/C14H17ClN2O4/c1-2-21-14(20)9-4-3-5-17(8-9)13(19)10-6-16-7-11(18)12(10)15/h6-7,9,18H,2-5,8H2,1H3/t9-/m1/s1. The van der Waals surface area contributed by atoms with Crippen molar-refractivity contribution < 1.29 is 19.4 Å². The molecule has 0 unspecified atom stereocenters. The fraction of sp³-hybridized carbons (Fsp3) is 0.500. The fourth-order valence-corrected chi connectivity index (χ4v) is 2.55. The Morgan fingerprint density at radius 2 is 2.29 bits per heavy atom. The molecule has 1 aliphatic rings. The van der Waals surface area contributed by atoms with Gasteiger partial charge < -0.3 is 14.7 Å². The van der Waals surface area contributed by atoms with E-state index in [1.54, 1.807) is 11.8 Å². The minimum Gasteiger partial charge on any atom is -0.505 e. The summed E-state index contributed by atoms with van der Waals surface area (Å²) in [6, 6.07) is 0. The number of pyridine rings is 1. The first kappa shape index (κ1) is 15.6. The lowest BCUT2D eigenvalue weighted by molar-refractivity contribution is -0.149. The Hall–Kier alpha value is -1.82. The van der Waals surface area contributed by atoms with Crippen molar-refractivity contribution in [2.24, 2.45) is 5.92 Å². The van der Waals surface area contributed by atoms with Gasteiger partial charge in [-0.25, -0.2) is 0 Å². The molecule has 0 radical (unpaired) electrons. The molecule has 1 fully saturated rings. The summed E-state index contributed by atoms with van der Waals surface area (Å²) in [6.07, 6.45) is 3.92. The molecule has 0 saturated carbocycles. The quantitative estimate of drug-likeness (QED) is 0.862. The lowest BCUT2D eigenvalue weighted by Crippen LogP contribution is -2.43. The summed E-state index contributed by atoms with van der Waals surface area (Å²) in [6.45, 7) is 2.91. The molecule has 1 atom stereocenters. The van der Waals surface area contributed by atoms with E-state index in [9.17, 15) is 14.7 Å². The van der Waals surface area contributed by atoms with Gasteiger partial charge in [0.2, 0.25) is 0 Å². The van der Waals surface area contributed by atoms with E-state index in [2.05, 4.69) is 4.98 Å². The Kier molecular flexibility index (Phi) is 5.01. The third-order valence-electron chi connectivity index (χ3n) is 3.42. The van der Waals surface area contributed by atoms with Crippen LogP contribution in [0.25, 0.3) is 0 Å². The molecule has 1 amide bonds. The highest BCUT2D eigenvalue weighted by Gasteiger charge is 2.30. The van der Waals surface area contributed by atoms with Gasteiger partial charge >= 0.3 is 5.97 Å². The number of esters is 1. The van der Waals surface area contributed by atoms with Gasteiger partial charge in [-0.2, -0.15) is 0 Å². The smallest absolute Gasteiger partial charge is 0.310 e. The molecular weight excluding hydrogens is 296 g/mol. The Morgan fingerprint density at radius 1 is 1.52 bits per heavy atom. The number of aromatic hydroxyl groups is 1. The lowest BCUT2D eigenvalue weighted by atomic mass is 9.97. The minimum atomic E-state index is -0.336. The number of ether oxygens (including phenoxy) is 1. The molecule has 0 aromatic carbocycles. The van der Waals surface area contributed by atoms with Crippen LogP contribution in [0.4, 0.5) is 0 Å². The van der Waals surface area contributed by atoms with Gasteiger partial charge in [0.15, 0.2) is 5.75 Å². The number of hydrogen-bond acceptors (Lipinski definition) is 5. The first-order valence-corrected chi connectivity index (χ1v) is 7.20. The van der Waals surface area contributed by atoms with Crippen LogP contribution in [0.1, 0.15) is 30.1 Å². The van der Waals surface area contributed by atoms with Gasteiger partial charge in [-0.3, -0.25) is 14.6 Å². The number of carbonyl (C=O) groups is 2. The summed E-state index contributed by atoms with van der Waals surface area (Å²) in [5.74, 6) is -1.17. The van der Waals surface area contributed by atoms with Gasteiger partial charge in [-0.05, 0) is 19.8 Å². The van der Waals surface area contributed by atoms with Crippen LogP contribution in [-0.4, -0.2) is 46.6 Å². The number of amides is 1. The summed E-state index contributed by atoms with van der Waals surface area (Å²) in [5.41, 5.74) is 0.140. The number of hydrogen-bond donors (Lipinski definition) is 1. The van der Waals surface area contributed by atoms with Crippen LogP contribution in [-0.2, 0) is 9.53 Å². The molecule has 0 bridgehead atoms. The molecule has 21 heavy (non-hydrogen) atoms. The topological polar surface area (TPSA) is 79.7 Å². The van der Waals surface area contributed by atoms with Crippen molar-refractivity contribution in [2.45, 2.75) is 19.8 Å². The first-order chi connectivity index (χ1) is 10.0. The second-order valence-corrected chi connectivity index (χ2v) is 5.24. The van der Waals surface area contributed by atoms with E-state index in [1.807, 2.05) is 0 Å². The second kappa shape index (κ2) is 6.76. The van der Waals surface area contributed by atoms with E-state index < -0.39 is 0 Å². The van der Waals surface area contributed by atoms with Gasteiger partial charge in [0, 0.05) is 19.3 Å². The van der Waals surface area contributed by atoms with Gasteiger partial charge in [0.25, 0.3) is 5.91 Å². The molecule has 1 N–H and O–H groups in total. The molecule has 114 valence electrons. The van der Waals surface area contributed by atoms with E-state index in [1.165, 1.54) is 12.4 Å².